The summed E-state index contributed by atoms with van der Waals surface area (Å²) >= 11 is 0. The number of rotatable bonds is 5. The van der Waals surface area contributed by atoms with Crippen LogP contribution in [0.4, 0.5) is 0 Å². The maximum Gasteiger partial charge on any atom is 0.339 e. The average Bonchev–Trinajstić information content (AvgIpc) is 2.66. The third kappa shape index (κ3) is 4.33. The summed E-state index contributed by atoms with van der Waals surface area (Å²) in [5, 5.41) is 0.870. The van der Waals surface area contributed by atoms with E-state index in [9.17, 15) is 9.59 Å². The number of fused-ring (bicyclic) bond motifs is 1. The molecule has 6 nitrogen and oxygen atoms in total. The molecule has 3 rings (SSSR count). The van der Waals surface area contributed by atoms with Gasteiger partial charge in [0.05, 0.1) is 0 Å². The van der Waals surface area contributed by atoms with Crippen molar-refractivity contribution in [2.24, 2.45) is 5.92 Å². The predicted molar refractivity (Wildman–Crippen MR) is 103 cm³/mol. The van der Waals surface area contributed by atoms with Crippen LogP contribution < -0.4 is 10.4 Å². The third-order valence-corrected chi connectivity index (χ3v) is 5.34. The zero-order chi connectivity index (χ0) is 19.6. The Bertz CT molecular complexity index is 882. The first-order valence-corrected chi connectivity index (χ1v) is 9.40. The van der Waals surface area contributed by atoms with Crippen molar-refractivity contribution in [3.8, 4) is 5.75 Å². The minimum absolute atomic E-state index is 0.0665. The van der Waals surface area contributed by atoms with E-state index in [1.165, 1.54) is 0 Å². The number of hydrogen-bond acceptors (Lipinski definition) is 5. The van der Waals surface area contributed by atoms with Crippen LogP contribution in [0.1, 0.15) is 30.9 Å². The molecule has 146 valence electrons. The van der Waals surface area contributed by atoms with Gasteiger partial charge in [0.2, 0.25) is 0 Å². The number of hydrogen-bond donors (Lipinski definition) is 0. The van der Waals surface area contributed by atoms with Gasteiger partial charge in [0.15, 0.2) is 6.10 Å². The summed E-state index contributed by atoms with van der Waals surface area (Å²) in [5.41, 5.74) is 1.62. The number of benzene rings is 1. The van der Waals surface area contributed by atoms with Crippen LogP contribution in [0.25, 0.3) is 11.0 Å². The van der Waals surface area contributed by atoms with Crippen molar-refractivity contribution < 1.29 is 18.7 Å². The molecule has 0 spiro atoms. The lowest BCUT2D eigenvalue weighted by Crippen LogP contribution is -2.41. The molecule has 2 aromatic rings. The summed E-state index contributed by atoms with van der Waals surface area (Å²) in [6, 6.07) is 5.33. The molecule has 1 aliphatic heterocycles. The van der Waals surface area contributed by atoms with E-state index >= 15 is 0 Å². The summed E-state index contributed by atoms with van der Waals surface area (Å²) in [6.45, 7) is 7.62. The SMILES string of the molecule is Cc1c(C)c2ccc(OC(C)C(=O)N(C)CC3CCOCC3)cc2oc1=O. The van der Waals surface area contributed by atoms with Crippen molar-refractivity contribution in [3.63, 3.8) is 0 Å². The average molecular weight is 373 g/mol. The Morgan fingerprint density at radius 1 is 1.26 bits per heavy atom. The van der Waals surface area contributed by atoms with E-state index in [1.807, 2.05) is 20.0 Å². The molecule has 0 saturated carbocycles. The van der Waals surface area contributed by atoms with Crippen LogP contribution in [0.3, 0.4) is 0 Å². The normalized spacial score (nSPS) is 16.3. The van der Waals surface area contributed by atoms with Gasteiger partial charge in [0, 0.05) is 43.8 Å². The minimum atomic E-state index is -0.620. The van der Waals surface area contributed by atoms with Crippen molar-refractivity contribution >= 4 is 16.9 Å². The van der Waals surface area contributed by atoms with E-state index in [-0.39, 0.29) is 11.5 Å². The number of carbonyl (C=O) groups is 1. The van der Waals surface area contributed by atoms with Crippen LogP contribution in [0.2, 0.25) is 0 Å². The second-order valence-corrected chi connectivity index (χ2v) is 7.33. The van der Waals surface area contributed by atoms with E-state index < -0.39 is 6.10 Å². The molecule has 1 aromatic carbocycles. The Morgan fingerprint density at radius 3 is 2.67 bits per heavy atom. The summed E-state index contributed by atoms with van der Waals surface area (Å²) in [7, 11) is 1.81. The van der Waals surface area contributed by atoms with Crippen molar-refractivity contribution in [1.82, 2.24) is 4.90 Å². The van der Waals surface area contributed by atoms with Gasteiger partial charge in [0.25, 0.3) is 5.91 Å². The van der Waals surface area contributed by atoms with Crippen LogP contribution in [0.5, 0.6) is 5.75 Å². The van der Waals surface area contributed by atoms with Crippen molar-refractivity contribution in [1.29, 1.82) is 0 Å². The predicted octanol–water partition coefficient (Wildman–Crippen LogP) is 3.06. The summed E-state index contributed by atoms with van der Waals surface area (Å²) in [6.07, 6.45) is 1.34. The highest BCUT2D eigenvalue weighted by atomic mass is 16.5. The number of aryl methyl sites for hydroxylation is 1. The molecule has 0 aliphatic carbocycles. The van der Waals surface area contributed by atoms with Crippen molar-refractivity contribution in [3.05, 3.63) is 39.7 Å². The first kappa shape index (κ1) is 19.4. The molecule has 1 aliphatic rings. The van der Waals surface area contributed by atoms with Gasteiger partial charge in [-0.05, 0) is 57.2 Å². The molecule has 1 atom stereocenters. The van der Waals surface area contributed by atoms with E-state index in [0.29, 0.717) is 29.4 Å². The summed E-state index contributed by atoms with van der Waals surface area (Å²) < 4.78 is 16.6. The van der Waals surface area contributed by atoms with Gasteiger partial charge < -0.3 is 18.8 Å². The monoisotopic (exact) mass is 373 g/mol. The Balaban J connectivity index is 1.69. The van der Waals surface area contributed by atoms with Gasteiger partial charge >= 0.3 is 5.63 Å². The molecule has 1 unspecified atom stereocenters. The third-order valence-electron chi connectivity index (χ3n) is 5.34. The van der Waals surface area contributed by atoms with Gasteiger partial charge in [0.1, 0.15) is 11.3 Å². The van der Waals surface area contributed by atoms with Crippen molar-refractivity contribution in [2.75, 3.05) is 26.8 Å². The molecule has 27 heavy (non-hydrogen) atoms. The molecular weight excluding hydrogens is 346 g/mol. The molecule has 0 bridgehead atoms. The topological polar surface area (TPSA) is 69.0 Å². The van der Waals surface area contributed by atoms with Gasteiger partial charge in [-0.25, -0.2) is 4.79 Å². The van der Waals surface area contributed by atoms with Crippen LogP contribution in [-0.2, 0) is 9.53 Å². The smallest absolute Gasteiger partial charge is 0.339 e. The fourth-order valence-corrected chi connectivity index (χ4v) is 3.47. The van der Waals surface area contributed by atoms with E-state index in [2.05, 4.69) is 0 Å². The Hall–Kier alpha value is -2.34. The zero-order valence-electron chi connectivity index (χ0n) is 16.4. The van der Waals surface area contributed by atoms with Gasteiger partial charge in [-0.3, -0.25) is 4.79 Å². The minimum Gasteiger partial charge on any atom is -0.481 e. The molecule has 0 radical (unpaired) electrons. The van der Waals surface area contributed by atoms with Crippen LogP contribution in [-0.4, -0.2) is 43.7 Å². The second kappa shape index (κ2) is 8.13. The van der Waals surface area contributed by atoms with Crippen LogP contribution >= 0.6 is 0 Å². The number of likely N-dealkylation sites (N-methyl/N-ethyl adjacent to an activating group) is 1. The fourth-order valence-electron chi connectivity index (χ4n) is 3.47. The summed E-state index contributed by atoms with van der Waals surface area (Å²) in [4.78, 5) is 26.3. The van der Waals surface area contributed by atoms with E-state index in [4.69, 9.17) is 13.9 Å². The maximum atomic E-state index is 12.6. The Morgan fingerprint density at radius 2 is 1.96 bits per heavy atom. The molecule has 1 amide bonds. The Kier molecular flexibility index (Phi) is 5.85. The van der Waals surface area contributed by atoms with Crippen LogP contribution in [0, 0.1) is 19.8 Å². The van der Waals surface area contributed by atoms with Crippen LogP contribution in [0.15, 0.2) is 27.4 Å². The largest absolute Gasteiger partial charge is 0.481 e. The van der Waals surface area contributed by atoms with E-state index in [0.717, 1.165) is 37.0 Å². The molecule has 0 N–H and O–H groups in total. The highest BCUT2D eigenvalue weighted by molar-refractivity contribution is 5.83. The highest BCUT2D eigenvalue weighted by Crippen LogP contribution is 2.25. The van der Waals surface area contributed by atoms with E-state index in [1.54, 1.807) is 30.9 Å². The lowest BCUT2D eigenvalue weighted by atomic mass is 10.00. The molecule has 1 fully saturated rings. The van der Waals surface area contributed by atoms with Gasteiger partial charge in [-0.15, -0.1) is 0 Å². The first-order chi connectivity index (χ1) is 12.9. The molecule has 6 heteroatoms. The zero-order valence-corrected chi connectivity index (χ0v) is 16.4. The Labute approximate surface area is 159 Å². The first-order valence-electron chi connectivity index (χ1n) is 9.40. The molecule has 1 aromatic heterocycles. The lowest BCUT2D eigenvalue weighted by molar-refractivity contribution is -0.137. The lowest BCUT2D eigenvalue weighted by Gasteiger charge is -2.28. The highest BCUT2D eigenvalue weighted by Gasteiger charge is 2.23. The standard InChI is InChI=1S/C21H27NO5/c1-13-14(2)21(24)27-19-11-17(5-6-18(13)19)26-15(3)20(23)22(4)12-16-7-9-25-10-8-16/h5-6,11,15-16H,7-10,12H2,1-4H3. The number of carbonyl (C=O) groups excluding carboxylic acids is 1. The fraction of sp³-hybridized carbons (Fsp3) is 0.524. The molecular formula is C21H27NO5. The molecule has 1 saturated heterocycles. The van der Waals surface area contributed by atoms with Crippen molar-refractivity contribution in [2.45, 2.75) is 39.7 Å². The number of amides is 1. The quantitative estimate of drug-likeness (QED) is 0.754. The number of ether oxygens (including phenoxy) is 2. The molecule has 2 heterocycles. The summed E-state index contributed by atoms with van der Waals surface area (Å²) in [5.74, 6) is 0.915. The van der Waals surface area contributed by atoms with Gasteiger partial charge in [-0.1, -0.05) is 0 Å². The maximum absolute atomic E-state index is 12.6. The van der Waals surface area contributed by atoms with Gasteiger partial charge in [-0.2, -0.15) is 0 Å². The number of nitrogens with zero attached hydrogens (tertiary/aromatic N) is 1. The second-order valence-electron chi connectivity index (χ2n) is 7.33.